The van der Waals surface area contributed by atoms with Gasteiger partial charge in [-0.1, -0.05) is 19.3 Å². The van der Waals surface area contributed by atoms with E-state index in [1.54, 1.807) is 12.1 Å². The van der Waals surface area contributed by atoms with Crippen LogP contribution in [0.2, 0.25) is 0 Å². The van der Waals surface area contributed by atoms with Gasteiger partial charge in [0, 0.05) is 18.2 Å². The fourth-order valence-corrected chi connectivity index (χ4v) is 2.02. The first-order valence-electron chi connectivity index (χ1n) is 8.11. The van der Waals surface area contributed by atoms with E-state index in [-0.39, 0.29) is 12.3 Å². The summed E-state index contributed by atoms with van der Waals surface area (Å²) in [6, 6.07) is 4.10. The lowest BCUT2D eigenvalue weighted by Gasteiger charge is -2.15. The SMILES string of the molecule is COc1ccc(C=O)cc1O.NC1CCCCC1.NC[C@H](N)C(=O)O. The second kappa shape index (κ2) is 13.2. The highest BCUT2D eigenvalue weighted by atomic mass is 16.5. The third-order valence-electron chi connectivity index (χ3n) is 3.56. The topological polar surface area (TPSA) is 162 Å². The monoisotopic (exact) mass is 355 g/mol. The Labute approximate surface area is 147 Å². The Morgan fingerprint density at radius 1 is 1.36 bits per heavy atom. The van der Waals surface area contributed by atoms with Crippen molar-refractivity contribution in [2.24, 2.45) is 17.2 Å². The van der Waals surface area contributed by atoms with Gasteiger partial charge in [0.15, 0.2) is 11.5 Å². The molecule has 1 fully saturated rings. The number of rotatable bonds is 4. The quantitative estimate of drug-likeness (QED) is 0.496. The van der Waals surface area contributed by atoms with Gasteiger partial charge in [-0.2, -0.15) is 0 Å². The lowest BCUT2D eigenvalue weighted by atomic mass is 9.97. The van der Waals surface area contributed by atoms with Crippen LogP contribution in [0.4, 0.5) is 0 Å². The van der Waals surface area contributed by atoms with Crippen molar-refractivity contribution in [1.29, 1.82) is 0 Å². The van der Waals surface area contributed by atoms with Crippen LogP contribution in [-0.4, -0.2) is 48.2 Å². The molecular weight excluding hydrogens is 326 g/mol. The van der Waals surface area contributed by atoms with Crippen LogP contribution in [0.3, 0.4) is 0 Å². The molecular formula is C17H29N3O5. The van der Waals surface area contributed by atoms with Crippen LogP contribution in [0.1, 0.15) is 42.5 Å². The number of nitrogens with two attached hydrogens (primary N) is 3. The molecule has 1 atom stereocenters. The van der Waals surface area contributed by atoms with Gasteiger partial charge in [0.2, 0.25) is 0 Å². The predicted octanol–water partition coefficient (Wildman–Crippen LogP) is 0.848. The number of aliphatic carboxylic acids is 1. The Kier molecular flexibility index (Phi) is 12.0. The van der Waals surface area contributed by atoms with Crippen molar-refractivity contribution < 1.29 is 24.5 Å². The Morgan fingerprint density at radius 3 is 2.24 bits per heavy atom. The third kappa shape index (κ3) is 10.3. The number of hydrogen-bond donors (Lipinski definition) is 5. The molecule has 0 bridgehead atoms. The third-order valence-corrected chi connectivity index (χ3v) is 3.56. The molecule has 0 heterocycles. The van der Waals surface area contributed by atoms with Gasteiger partial charge in [-0.25, -0.2) is 0 Å². The molecule has 0 unspecified atom stereocenters. The van der Waals surface area contributed by atoms with Crippen LogP contribution in [0, 0.1) is 0 Å². The minimum Gasteiger partial charge on any atom is -0.504 e. The van der Waals surface area contributed by atoms with E-state index in [2.05, 4.69) is 0 Å². The van der Waals surface area contributed by atoms with Crippen molar-refractivity contribution in [1.82, 2.24) is 0 Å². The van der Waals surface area contributed by atoms with Crippen molar-refractivity contribution in [2.45, 2.75) is 44.2 Å². The van der Waals surface area contributed by atoms with Crippen LogP contribution in [0.15, 0.2) is 18.2 Å². The summed E-state index contributed by atoms with van der Waals surface area (Å²) in [6.45, 7) is -0.00463. The molecule has 1 aliphatic rings. The summed E-state index contributed by atoms with van der Waals surface area (Å²) in [5, 5.41) is 17.1. The molecule has 0 aromatic heterocycles. The molecule has 25 heavy (non-hydrogen) atoms. The molecule has 1 aromatic rings. The Bertz CT molecular complexity index is 519. The summed E-state index contributed by atoms with van der Waals surface area (Å²) in [6.07, 6.45) is 7.33. The van der Waals surface area contributed by atoms with Crippen LogP contribution in [0.5, 0.6) is 11.5 Å². The molecule has 0 spiro atoms. The van der Waals surface area contributed by atoms with Gasteiger partial charge in [-0.05, 0) is 31.0 Å². The van der Waals surface area contributed by atoms with Crippen molar-refractivity contribution >= 4 is 12.3 Å². The predicted molar refractivity (Wildman–Crippen MR) is 95.8 cm³/mol. The number of phenolic OH excluding ortho intramolecular Hbond substituents is 1. The van der Waals surface area contributed by atoms with Crippen LogP contribution < -0.4 is 21.9 Å². The van der Waals surface area contributed by atoms with Gasteiger partial charge in [-0.15, -0.1) is 0 Å². The summed E-state index contributed by atoms with van der Waals surface area (Å²) in [5.74, 6) is -0.699. The number of methoxy groups -OCH3 is 1. The summed E-state index contributed by atoms with van der Waals surface area (Å²) in [4.78, 5) is 19.9. The molecule has 2 rings (SSSR count). The lowest BCUT2D eigenvalue weighted by Crippen LogP contribution is -2.37. The maximum atomic E-state index is 10.2. The zero-order chi connectivity index (χ0) is 19.2. The maximum Gasteiger partial charge on any atom is 0.321 e. The van der Waals surface area contributed by atoms with Crippen LogP contribution >= 0.6 is 0 Å². The standard InChI is InChI=1S/C8H8O3.C6H13N.C3H8N2O2/c1-11-8-3-2-6(5-9)4-7(8)10;7-6-4-2-1-3-5-6;4-1-2(5)3(6)7/h2-5,10H,1H3;6H,1-5,7H2;2H,1,4-5H2,(H,6,7)/t;;2-/m..0/s1. The molecule has 8 N–H and O–H groups in total. The van der Waals surface area contributed by atoms with E-state index in [0.717, 1.165) is 0 Å². The van der Waals surface area contributed by atoms with Gasteiger partial charge in [0.25, 0.3) is 0 Å². The van der Waals surface area contributed by atoms with Crippen LogP contribution in [0.25, 0.3) is 0 Å². The highest BCUT2D eigenvalue weighted by Gasteiger charge is 2.06. The summed E-state index contributed by atoms with van der Waals surface area (Å²) < 4.78 is 4.78. The molecule has 0 saturated heterocycles. The fraction of sp³-hybridized carbons (Fsp3) is 0.529. The van der Waals surface area contributed by atoms with E-state index in [9.17, 15) is 9.59 Å². The highest BCUT2D eigenvalue weighted by molar-refractivity contribution is 5.76. The lowest BCUT2D eigenvalue weighted by molar-refractivity contribution is -0.138. The number of carboxylic acid groups (broad SMARTS) is 1. The van der Waals surface area contributed by atoms with E-state index < -0.39 is 12.0 Å². The average Bonchev–Trinajstić information content (AvgIpc) is 2.62. The van der Waals surface area contributed by atoms with E-state index in [1.165, 1.54) is 45.3 Å². The number of phenols is 1. The van der Waals surface area contributed by atoms with E-state index in [0.29, 0.717) is 23.6 Å². The normalized spacial score (nSPS) is 14.9. The van der Waals surface area contributed by atoms with Crippen molar-refractivity contribution in [2.75, 3.05) is 13.7 Å². The molecule has 0 aliphatic heterocycles. The van der Waals surface area contributed by atoms with Gasteiger partial charge < -0.3 is 32.2 Å². The van der Waals surface area contributed by atoms with E-state index >= 15 is 0 Å². The van der Waals surface area contributed by atoms with Crippen molar-refractivity contribution in [3.8, 4) is 11.5 Å². The number of ether oxygens (including phenoxy) is 1. The summed E-state index contributed by atoms with van der Waals surface area (Å²) in [5.41, 5.74) is 15.8. The van der Waals surface area contributed by atoms with Crippen molar-refractivity contribution in [3.63, 3.8) is 0 Å². The Hall–Kier alpha value is -2.16. The molecule has 1 aromatic carbocycles. The molecule has 8 nitrogen and oxygen atoms in total. The fourth-order valence-electron chi connectivity index (χ4n) is 2.02. The maximum absolute atomic E-state index is 10.2. The zero-order valence-electron chi connectivity index (χ0n) is 14.6. The molecule has 0 radical (unpaired) electrons. The Morgan fingerprint density at radius 2 is 1.96 bits per heavy atom. The number of aldehydes is 1. The van der Waals surface area contributed by atoms with E-state index in [1.807, 2.05) is 0 Å². The van der Waals surface area contributed by atoms with Gasteiger partial charge in [-0.3, -0.25) is 9.59 Å². The second-order valence-electron chi connectivity index (χ2n) is 5.63. The smallest absolute Gasteiger partial charge is 0.321 e. The molecule has 1 saturated carbocycles. The summed E-state index contributed by atoms with van der Waals surface area (Å²) in [7, 11) is 1.45. The van der Waals surface area contributed by atoms with Crippen LogP contribution in [-0.2, 0) is 4.79 Å². The van der Waals surface area contributed by atoms with E-state index in [4.69, 9.17) is 32.2 Å². The number of aromatic hydroxyl groups is 1. The number of carboxylic acids is 1. The first-order valence-corrected chi connectivity index (χ1v) is 8.11. The zero-order valence-corrected chi connectivity index (χ0v) is 14.6. The number of hydrogen-bond acceptors (Lipinski definition) is 7. The first-order chi connectivity index (χ1) is 11.8. The van der Waals surface area contributed by atoms with Gasteiger partial charge >= 0.3 is 5.97 Å². The Balaban J connectivity index is 0.000000362. The minimum absolute atomic E-state index is 0.00463. The minimum atomic E-state index is -1.05. The first kappa shape index (κ1) is 22.8. The molecule has 1 aliphatic carbocycles. The molecule has 0 amide bonds. The molecule has 8 heteroatoms. The molecule has 142 valence electrons. The number of benzene rings is 1. The largest absolute Gasteiger partial charge is 0.504 e. The van der Waals surface area contributed by atoms with Gasteiger partial charge in [0.05, 0.1) is 7.11 Å². The summed E-state index contributed by atoms with van der Waals surface area (Å²) >= 11 is 0. The van der Waals surface area contributed by atoms with Crippen molar-refractivity contribution in [3.05, 3.63) is 23.8 Å². The number of carbonyl (C=O) groups is 2. The average molecular weight is 355 g/mol. The van der Waals surface area contributed by atoms with Gasteiger partial charge in [0.1, 0.15) is 12.3 Å². The number of carbonyl (C=O) groups excluding carboxylic acids is 1. The second-order valence-corrected chi connectivity index (χ2v) is 5.63. The highest BCUT2D eigenvalue weighted by Crippen LogP contribution is 2.25.